The summed E-state index contributed by atoms with van der Waals surface area (Å²) in [4.78, 5) is 26.9. The molecule has 2 aromatic carbocycles. The number of fused-ring (bicyclic) bond motifs is 1. The number of hydrogen-bond acceptors (Lipinski definition) is 5. The van der Waals surface area contributed by atoms with Gasteiger partial charge in [-0.15, -0.1) is 0 Å². The zero-order chi connectivity index (χ0) is 24.5. The number of nitrogens with zero attached hydrogens (tertiary/aromatic N) is 3. The molecule has 0 aliphatic carbocycles. The summed E-state index contributed by atoms with van der Waals surface area (Å²) < 4.78 is 27.0. The van der Waals surface area contributed by atoms with E-state index in [1.807, 2.05) is 6.07 Å². The Morgan fingerprint density at radius 2 is 1.97 bits per heavy atom. The van der Waals surface area contributed by atoms with Gasteiger partial charge in [-0.25, -0.2) is 13.8 Å². The molecule has 2 aromatic heterocycles. The van der Waals surface area contributed by atoms with Crippen molar-refractivity contribution in [1.29, 1.82) is 0 Å². The summed E-state index contributed by atoms with van der Waals surface area (Å²) in [6.45, 7) is 5.15. The maximum atomic E-state index is 13.5. The van der Waals surface area contributed by atoms with E-state index in [0.717, 1.165) is 43.4 Å². The second-order valence-corrected chi connectivity index (χ2v) is 9.18. The van der Waals surface area contributed by atoms with E-state index in [4.69, 9.17) is 11.6 Å². The molecule has 1 aliphatic rings. The quantitative estimate of drug-likeness (QED) is 0.393. The molecule has 4 aromatic rings. The predicted molar refractivity (Wildman–Crippen MR) is 134 cm³/mol. The Balaban J connectivity index is 1.38. The third-order valence-electron chi connectivity index (χ3n) is 6.28. The number of H-pyrrole nitrogens is 1. The highest BCUT2D eigenvalue weighted by molar-refractivity contribution is 6.34. The fraction of sp³-hybridized carbons (Fsp3) is 0.269. The zero-order valence-corrected chi connectivity index (χ0v) is 19.9. The van der Waals surface area contributed by atoms with Crippen LogP contribution in [-0.2, 0) is 6.42 Å². The molecule has 9 heteroatoms. The highest BCUT2D eigenvalue weighted by Crippen LogP contribution is 2.28. The first-order valence-corrected chi connectivity index (χ1v) is 11.9. The van der Waals surface area contributed by atoms with Gasteiger partial charge in [0.2, 0.25) is 0 Å². The molecule has 6 nitrogen and oxygen atoms in total. The number of benzene rings is 2. The van der Waals surface area contributed by atoms with E-state index < -0.39 is 11.6 Å². The van der Waals surface area contributed by atoms with Crippen LogP contribution in [0.2, 0.25) is 5.02 Å². The maximum absolute atomic E-state index is 13.5. The molecule has 180 valence electrons. The molecule has 0 spiro atoms. The predicted octanol–water partition coefficient (Wildman–Crippen LogP) is 5.01. The molecule has 1 saturated heterocycles. The van der Waals surface area contributed by atoms with Gasteiger partial charge in [-0.3, -0.25) is 9.78 Å². The summed E-state index contributed by atoms with van der Waals surface area (Å²) in [5.41, 5.74) is 2.65. The fourth-order valence-electron chi connectivity index (χ4n) is 4.45. The Labute approximate surface area is 206 Å². The van der Waals surface area contributed by atoms with Gasteiger partial charge in [0.1, 0.15) is 17.5 Å². The van der Waals surface area contributed by atoms with Crippen LogP contribution in [0.1, 0.15) is 24.7 Å². The van der Waals surface area contributed by atoms with Gasteiger partial charge in [-0.05, 0) is 48.9 Å². The number of pyridine rings is 1. The molecule has 0 bridgehead atoms. The van der Waals surface area contributed by atoms with E-state index in [1.54, 1.807) is 24.4 Å². The van der Waals surface area contributed by atoms with Gasteiger partial charge in [-0.2, -0.15) is 0 Å². The van der Waals surface area contributed by atoms with Crippen molar-refractivity contribution in [3.8, 4) is 11.3 Å². The SMILES string of the molecule is CCN1CC[C@@H](Nc2cc3nc(Cc4ccc(-c5cc(F)cc(F)c5)nc4)[nH]c(=O)c3cc2Cl)C1. The number of aromatic amines is 1. The molecule has 2 N–H and O–H groups in total. The zero-order valence-electron chi connectivity index (χ0n) is 19.1. The Hall–Kier alpha value is -3.36. The molecule has 0 unspecified atom stereocenters. The van der Waals surface area contributed by atoms with Crippen LogP contribution >= 0.6 is 11.6 Å². The van der Waals surface area contributed by atoms with E-state index >= 15 is 0 Å². The monoisotopic (exact) mass is 495 g/mol. The van der Waals surface area contributed by atoms with Crippen molar-refractivity contribution in [3.05, 3.63) is 87.1 Å². The molecule has 3 heterocycles. The lowest BCUT2D eigenvalue weighted by Crippen LogP contribution is -2.26. The summed E-state index contributed by atoms with van der Waals surface area (Å²) >= 11 is 6.47. The van der Waals surface area contributed by atoms with Gasteiger partial charge in [0.25, 0.3) is 5.56 Å². The van der Waals surface area contributed by atoms with Gasteiger partial charge >= 0.3 is 0 Å². The lowest BCUT2D eigenvalue weighted by molar-refractivity contribution is 0.356. The van der Waals surface area contributed by atoms with Crippen molar-refractivity contribution < 1.29 is 8.78 Å². The highest BCUT2D eigenvalue weighted by atomic mass is 35.5. The Bertz CT molecular complexity index is 1420. The molecule has 0 saturated carbocycles. The second kappa shape index (κ2) is 9.71. The first kappa shape index (κ1) is 23.4. The van der Waals surface area contributed by atoms with E-state index in [0.29, 0.717) is 45.5 Å². The number of hydrogen-bond donors (Lipinski definition) is 2. The summed E-state index contributed by atoms with van der Waals surface area (Å²) in [6.07, 6.45) is 2.98. The number of anilines is 1. The van der Waals surface area contributed by atoms with E-state index in [9.17, 15) is 13.6 Å². The van der Waals surface area contributed by atoms with Crippen molar-refractivity contribution in [3.63, 3.8) is 0 Å². The molecule has 0 radical (unpaired) electrons. The standard InChI is InChI=1S/C26H24ClF2N5O/c1-2-34-6-5-19(14-34)31-24-12-23-20(11-21(24)27)26(35)33-25(32-23)7-15-3-4-22(30-13-15)16-8-17(28)10-18(29)9-16/h3-4,8-13,19,31H,2,5-7,14H2,1H3,(H,32,33,35)/t19-/m1/s1. The molecular weight excluding hydrogens is 472 g/mol. The normalized spacial score (nSPS) is 16.2. The minimum Gasteiger partial charge on any atom is -0.380 e. The smallest absolute Gasteiger partial charge is 0.258 e. The Morgan fingerprint density at radius 3 is 2.66 bits per heavy atom. The summed E-state index contributed by atoms with van der Waals surface area (Å²) in [6, 6.07) is 10.5. The summed E-state index contributed by atoms with van der Waals surface area (Å²) in [5.74, 6) is -0.832. The number of halogens is 3. The largest absolute Gasteiger partial charge is 0.380 e. The van der Waals surface area contributed by atoms with Gasteiger partial charge < -0.3 is 15.2 Å². The highest BCUT2D eigenvalue weighted by Gasteiger charge is 2.22. The average Bonchev–Trinajstić information content (AvgIpc) is 3.28. The van der Waals surface area contributed by atoms with Crippen molar-refractivity contribution in [2.75, 3.05) is 25.0 Å². The van der Waals surface area contributed by atoms with E-state index in [2.05, 4.69) is 32.1 Å². The van der Waals surface area contributed by atoms with Crippen LogP contribution < -0.4 is 10.9 Å². The molecule has 0 amide bonds. The molecule has 1 aliphatic heterocycles. The van der Waals surface area contributed by atoms with Crippen molar-refractivity contribution in [2.24, 2.45) is 0 Å². The molecule has 35 heavy (non-hydrogen) atoms. The van der Waals surface area contributed by atoms with Gasteiger partial charge in [0, 0.05) is 43.4 Å². The van der Waals surface area contributed by atoms with Crippen molar-refractivity contribution >= 4 is 28.2 Å². The molecular formula is C26H24ClF2N5O. The minimum atomic E-state index is -0.659. The van der Waals surface area contributed by atoms with Gasteiger partial charge in [-0.1, -0.05) is 24.6 Å². The average molecular weight is 496 g/mol. The molecule has 5 rings (SSSR count). The number of nitrogens with one attached hydrogen (secondary N) is 2. The lowest BCUT2D eigenvalue weighted by Gasteiger charge is -2.17. The van der Waals surface area contributed by atoms with Crippen LogP contribution in [-0.4, -0.2) is 45.5 Å². The van der Waals surface area contributed by atoms with Crippen molar-refractivity contribution in [2.45, 2.75) is 25.8 Å². The topological polar surface area (TPSA) is 73.9 Å². The van der Waals surface area contributed by atoms with Crippen LogP contribution in [0.3, 0.4) is 0 Å². The molecule has 1 atom stereocenters. The number of likely N-dealkylation sites (tertiary alicyclic amines) is 1. The van der Waals surface area contributed by atoms with Gasteiger partial charge in [0.15, 0.2) is 0 Å². The number of aromatic nitrogens is 3. The van der Waals surface area contributed by atoms with Gasteiger partial charge in [0.05, 0.1) is 27.3 Å². The lowest BCUT2D eigenvalue weighted by atomic mass is 10.1. The third-order valence-corrected chi connectivity index (χ3v) is 6.59. The molecule has 1 fully saturated rings. The Kier molecular flexibility index (Phi) is 6.49. The third kappa shape index (κ3) is 5.18. The minimum absolute atomic E-state index is 0.267. The maximum Gasteiger partial charge on any atom is 0.258 e. The van der Waals surface area contributed by atoms with E-state index in [1.165, 1.54) is 12.1 Å². The number of likely N-dealkylation sites (N-methyl/N-ethyl adjacent to an activating group) is 1. The van der Waals surface area contributed by atoms with Crippen LogP contribution in [0.5, 0.6) is 0 Å². The Morgan fingerprint density at radius 1 is 1.17 bits per heavy atom. The summed E-state index contributed by atoms with van der Waals surface area (Å²) in [5, 5.41) is 4.41. The summed E-state index contributed by atoms with van der Waals surface area (Å²) in [7, 11) is 0. The second-order valence-electron chi connectivity index (χ2n) is 8.77. The van der Waals surface area contributed by atoms with Crippen LogP contribution in [0, 0.1) is 11.6 Å². The van der Waals surface area contributed by atoms with E-state index in [-0.39, 0.29) is 5.56 Å². The van der Waals surface area contributed by atoms with Crippen LogP contribution in [0.4, 0.5) is 14.5 Å². The fourth-order valence-corrected chi connectivity index (χ4v) is 4.67. The van der Waals surface area contributed by atoms with Crippen LogP contribution in [0.25, 0.3) is 22.2 Å². The van der Waals surface area contributed by atoms with Crippen LogP contribution in [0.15, 0.2) is 53.5 Å². The first-order valence-electron chi connectivity index (χ1n) is 11.5. The van der Waals surface area contributed by atoms with Crippen molar-refractivity contribution in [1.82, 2.24) is 19.9 Å². The first-order chi connectivity index (χ1) is 16.9. The number of rotatable bonds is 6.